The van der Waals surface area contributed by atoms with Crippen molar-refractivity contribution >= 4 is 131 Å². The summed E-state index contributed by atoms with van der Waals surface area (Å²) in [6.45, 7) is 23.2. The Kier molecular flexibility index (Phi) is 9.06. The van der Waals surface area contributed by atoms with Crippen molar-refractivity contribution in [1.29, 1.82) is 0 Å². The number of nitrogens with zero attached hydrogens (tertiary/aromatic N) is 3. The third-order valence-electron chi connectivity index (χ3n) is 15.1. The second kappa shape index (κ2) is 14.7. The molecule has 0 fully saturated rings. The summed E-state index contributed by atoms with van der Waals surface area (Å²) in [4.78, 5) is 5.11. The van der Waals surface area contributed by atoms with Gasteiger partial charge in [0.25, 0.3) is 6.71 Å². The smallest absolute Gasteiger partial charge is 0.252 e. The summed E-state index contributed by atoms with van der Waals surface area (Å²) >= 11 is 3.86. The Balaban J connectivity index is 1.14. The van der Waals surface area contributed by atoms with Crippen molar-refractivity contribution in [3.05, 3.63) is 180 Å². The predicted octanol–water partition coefficient (Wildman–Crippen LogP) is 16.6. The third-order valence-corrected chi connectivity index (χ3v) is 17.5. The number of fused-ring (bicyclic) bond motifs is 12. The van der Waals surface area contributed by atoms with E-state index in [4.69, 9.17) is 0 Å². The van der Waals surface area contributed by atoms with Crippen LogP contribution in [0.15, 0.2) is 158 Å². The minimum atomic E-state index is -0.0536. The van der Waals surface area contributed by atoms with Crippen LogP contribution in [0.25, 0.3) is 57.1 Å². The summed E-state index contributed by atoms with van der Waals surface area (Å²) < 4.78 is 7.98. The molecule has 8 aromatic carbocycles. The number of benzene rings is 8. The van der Waals surface area contributed by atoms with Crippen molar-refractivity contribution in [2.24, 2.45) is 0 Å². The summed E-state index contributed by atoms with van der Waals surface area (Å²) in [7, 11) is 0. The fraction of sp³-hybridized carbons (Fsp3) is 0.206. The molecule has 0 unspecified atom stereocenters. The first-order chi connectivity index (χ1) is 33.0. The number of aryl methyl sites for hydroxylation is 1. The van der Waals surface area contributed by atoms with Crippen molar-refractivity contribution in [2.75, 3.05) is 9.80 Å². The van der Waals surface area contributed by atoms with Crippen LogP contribution in [0.2, 0.25) is 0 Å². The Hall–Kier alpha value is -6.60. The van der Waals surface area contributed by atoms with E-state index in [1.807, 2.05) is 22.7 Å². The zero-order valence-corrected chi connectivity index (χ0v) is 42.9. The predicted molar refractivity (Wildman–Crippen MR) is 304 cm³/mol. The number of anilines is 6. The van der Waals surface area contributed by atoms with Crippen molar-refractivity contribution in [3.63, 3.8) is 0 Å². The number of rotatable bonds is 4. The van der Waals surface area contributed by atoms with E-state index in [1.54, 1.807) is 0 Å². The van der Waals surface area contributed by atoms with Gasteiger partial charge in [0.05, 0.1) is 26.1 Å². The van der Waals surface area contributed by atoms with Crippen molar-refractivity contribution in [1.82, 2.24) is 4.57 Å². The molecule has 0 radical (unpaired) electrons. The Morgan fingerprint density at radius 3 is 1.64 bits per heavy atom. The van der Waals surface area contributed by atoms with Gasteiger partial charge in [-0.05, 0) is 135 Å². The van der Waals surface area contributed by atoms with Gasteiger partial charge in [-0.15, -0.1) is 22.7 Å². The van der Waals surface area contributed by atoms with Crippen molar-refractivity contribution in [3.8, 4) is 5.69 Å². The average molecular weight is 930 g/mol. The summed E-state index contributed by atoms with van der Waals surface area (Å²) in [5.74, 6) is 0. The van der Waals surface area contributed by atoms with E-state index in [2.05, 4.69) is 241 Å². The Bertz CT molecular complexity index is 3860. The van der Waals surface area contributed by atoms with Gasteiger partial charge in [0.15, 0.2) is 0 Å². The molecular weight excluding hydrogens is 874 g/mol. The first kappa shape index (κ1) is 42.5. The fourth-order valence-corrected chi connectivity index (χ4v) is 13.9. The standard InChI is InChI=1S/C63H56BN3S2/c1-37-32-52-56-53(33-37)67-57-47(60-58(67)46-17-12-14-21-55(46)69-60)34-40(63(8,9)10)35-49(57)64(56)48-31-30-43(36-51(48)66(52)50-19-15-18-45-44-16-11-13-20-54(44)68-59(45)50)65(41-26-22-38(23-27-41)61(2,3)4)42-28-24-39(25-29-42)62(5,6)7/h11-36H,1-10H3. The zero-order chi connectivity index (χ0) is 47.5. The summed E-state index contributed by atoms with van der Waals surface area (Å²) in [6.07, 6.45) is 0. The van der Waals surface area contributed by atoms with Crippen LogP contribution >= 0.6 is 22.7 Å². The number of hydrogen-bond donors (Lipinski definition) is 0. The molecule has 0 N–H and O–H groups in total. The molecule has 69 heavy (non-hydrogen) atoms. The molecule has 3 nitrogen and oxygen atoms in total. The van der Waals surface area contributed by atoms with Gasteiger partial charge in [-0.1, -0.05) is 147 Å². The van der Waals surface area contributed by atoms with Gasteiger partial charge in [0.1, 0.15) is 0 Å². The van der Waals surface area contributed by atoms with E-state index in [0.29, 0.717) is 0 Å². The molecule has 2 aliphatic rings. The van der Waals surface area contributed by atoms with Crippen LogP contribution in [-0.4, -0.2) is 11.3 Å². The lowest BCUT2D eigenvalue weighted by atomic mass is 9.33. The molecule has 0 atom stereocenters. The van der Waals surface area contributed by atoms with E-state index >= 15 is 0 Å². The van der Waals surface area contributed by atoms with Crippen LogP contribution in [0.3, 0.4) is 0 Å². The molecule has 11 aromatic rings. The van der Waals surface area contributed by atoms with E-state index in [-0.39, 0.29) is 23.0 Å². The highest BCUT2D eigenvalue weighted by Gasteiger charge is 2.44. The van der Waals surface area contributed by atoms with Crippen LogP contribution in [0.4, 0.5) is 34.1 Å². The molecule has 2 aliphatic heterocycles. The summed E-state index contributed by atoms with van der Waals surface area (Å²) in [5.41, 5.74) is 20.4. The highest BCUT2D eigenvalue weighted by atomic mass is 32.1. The quantitative estimate of drug-likeness (QED) is 0.163. The lowest BCUT2D eigenvalue weighted by molar-refractivity contribution is 0.590. The van der Waals surface area contributed by atoms with E-state index in [9.17, 15) is 0 Å². The van der Waals surface area contributed by atoms with Crippen LogP contribution in [0, 0.1) is 6.92 Å². The van der Waals surface area contributed by atoms with Gasteiger partial charge in [0.2, 0.25) is 0 Å². The summed E-state index contributed by atoms with van der Waals surface area (Å²) in [5, 5.41) is 5.29. The molecule has 0 aliphatic carbocycles. The molecule has 3 aromatic heterocycles. The molecule has 0 saturated carbocycles. The fourth-order valence-electron chi connectivity index (χ4n) is 11.5. The minimum Gasteiger partial charge on any atom is -0.310 e. The lowest BCUT2D eigenvalue weighted by Crippen LogP contribution is -2.60. The highest BCUT2D eigenvalue weighted by molar-refractivity contribution is 7.27. The first-order valence-corrected chi connectivity index (χ1v) is 26.2. The topological polar surface area (TPSA) is 11.4 Å². The third kappa shape index (κ3) is 6.37. The number of thiophene rings is 2. The maximum absolute atomic E-state index is 2.66. The minimum absolute atomic E-state index is 0.00988. The van der Waals surface area contributed by atoms with Gasteiger partial charge in [0, 0.05) is 65.1 Å². The van der Waals surface area contributed by atoms with Gasteiger partial charge in [-0.2, -0.15) is 0 Å². The highest BCUT2D eigenvalue weighted by Crippen LogP contribution is 2.50. The maximum atomic E-state index is 2.66. The normalized spacial score (nSPS) is 13.6. The Morgan fingerprint density at radius 1 is 0.420 bits per heavy atom. The Labute approximate surface area is 414 Å². The number of aromatic nitrogens is 1. The molecule has 0 amide bonds. The molecular formula is C63H56BN3S2. The van der Waals surface area contributed by atoms with Gasteiger partial charge in [-0.25, -0.2) is 0 Å². The van der Waals surface area contributed by atoms with E-state index in [0.717, 1.165) is 17.1 Å². The Morgan fingerprint density at radius 2 is 0.986 bits per heavy atom. The monoisotopic (exact) mass is 929 g/mol. The maximum Gasteiger partial charge on any atom is 0.252 e. The molecule has 0 saturated heterocycles. The lowest BCUT2D eigenvalue weighted by Gasteiger charge is -2.41. The van der Waals surface area contributed by atoms with Crippen LogP contribution in [-0.2, 0) is 16.2 Å². The molecule has 0 bridgehead atoms. The van der Waals surface area contributed by atoms with Crippen molar-refractivity contribution in [2.45, 2.75) is 85.5 Å². The van der Waals surface area contributed by atoms with Gasteiger partial charge < -0.3 is 14.4 Å². The summed E-state index contributed by atoms with van der Waals surface area (Å²) in [6, 6.07) is 60.9. The van der Waals surface area contributed by atoms with Gasteiger partial charge in [-0.3, -0.25) is 0 Å². The molecule has 0 spiro atoms. The van der Waals surface area contributed by atoms with Crippen LogP contribution < -0.4 is 26.2 Å². The zero-order valence-electron chi connectivity index (χ0n) is 41.2. The van der Waals surface area contributed by atoms with Crippen LogP contribution in [0.1, 0.15) is 84.6 Å². The number of hydrogen-bond acceptors (Lipinski definition) is 4. The van der Waals surface area contributed by atoms with E-state index < -0.39 is 0 Å². The molecule has 5 heterocycles. The average Bonchev–Trinajstić information content (AvgIpc) is 3.99. The SMILES string of the molecule is Cc1cc2c3c(c1)-n1c4c(cc(C(C)(C)C)cc4c4sc5ccccc5c41)B3c1ccc(N(c3ccc(C(C)(C)C)cc3)c3ccc(C(C)(C)C)cc3)cc1N2c1cccc2c1sc1ccccc12. The second-order valence-corrected chi connectivity index (χ2v) is 24.8. The molecule has 6 heteroatoms. The van der Waals surface area contributed by atoms with Crippen molar-refractivity contribution < 1.29 is 0 Å². The molecule has 13 rings (SSSR count). The largest absolute Gasteiger partial charge is 0.310 e. The second-order valence-electron chi connectivity index (χ2n) is 22.7. The van der Waals surface area contributed by atoms with Crippen LogP contribution in [0.5, 0.6) is 0 Å². The van der Waals surface area contributed by atoms with E-state index in [1.165, 1.54) is 113 Å². The first-order valence-electron chi connectivity index (χ1n) is 24.5. The van der Waals surface area contributed by atoms with Gasteiger partial charge >= 0.3 is 0 Å². The molecule has 338 valence electrons.